The number of nitrogens with two attached hydrogens (primary N) is 1. The van der Waals surface area contributed by atoms with E-state index in [1.54, 1.807) is 77.1 Å². The predicted molar refractivity (Wildman–Crippen MR) is 187 cm³/mol. The molecule has 3 atom stereocenters. The van der Waals surface area contributed by atoms with Gasteiger partial charge in [0.05, 0.1) is 10.4 Å². The number of thiocarbonyl (C=S) groups is 1. The molecule has 3 aromatic carbocycles. The number of carbonyl (C=O) groups is 3. The van der Waals surface area contributed by atoms with Crippen LogP contribution in [0, 0.1) is 5.92 Å². The Kier molecular flexibility index (Phi) is 11.1. The lowest BCUT2D eigenvalue weighted by atomic mass is 10.0. The van der Waals surface area contributed by atoms with Crippen LogP contribution < -0.4 is 16.4 Å². The highest BCUT2D eigenvalue weighted by Crippen LogP contribution is 2.31. The van der Waals surface area contributed by atoms with Gasteiger partial charge in [0.15, 0.2) is 0 Å². The molecule has 0 aromatic heterocycles. The molecule has 1 fully saturated rings. The summed E-state index contributed by atoms with van der Waals surface area (Å²) >= 11 is 4.87. The molecule has 12 heteroatoms. The van der Waals surface area contributed by atoms with Gasteiger partial charge in [-0.05, 0) is 86.6 Å². The van der Waals surface area contributed by atoms with Gasteiger partial charge in [-0.3, -0.25) is 9.59 Å². The molecule has 1 aliphatic heterocycles. The summed E-state index contributed by atoms with van der Waals surface area (Å²) in [6.45, 7) is 9.09. The van der Waals surface area contributed by atoms with Crippen LogP contribution in [0.15, 0.2) is 71.6 Å². The predicted octanol–water partition coefficient (Wildman–Crippen LogP) is 4.74. The van der Waals surface area contributed by atoms with E-state index in [0.717, 1.165) is 11.1 Å². The lowest BCUT2D eigenvalue weighted by molar-refractivity contribution is -0.163. The number of esters is 1. The third-order valence-corrected chi connectivity index (χ3v) is 10.3. The Morgan fingerprint density at radius 3 is 2.32 bits per heavy atom. The van der Waals surface area contributed by atoms with E-state index in [2.05, 4.69) is 10.6 Å². The standard InChI is InChI=1S/C35H44N4O6S2/c1-23(2)21-35(36,47(43,44)28-17-14-25-9-6-7-10-26(25)20-28)33(42)38-29(19-24-12-15-27(16-13-24)37-22-46)31(40)39-18-8-11-30(39)32(41)45-34(3,4)5/h6-7,9-10,12-17,20,22-23,29-30H,8,11,18-19,21,36H2,1-5H3,(H,37,46)(H,38,42)/t29-,30-,35+/m0/s1. The highest BCUT2D eigenvalue weighted by Gasteiger charge is 2.50. The minimum atomic E-state index is -4.46. The zero-order chi connectivity index (χ0) is 34.6. The maximum atomic E-state index is 14.3. The summed E-state index contributed by atoms with van der Waals surface area (Å²) in [5, 5.41) is 7.16. The molecule has 1 saturated heterocycles. The fourth-order valence-electron chi connectivity index (χ4n) is 5.84. The first-order chi connectivity index (χ1) is 22.1. The molecule has 0 bridgehead atoms. The lowest BCUT2D eigenvalue weighted by Gasteiger charge is -2.34. The second-order valence-electron chi connectivity index (χ2n) is 13.4. The van der Waals surface area contributed by atoms with Crippen molar-refractivity contribution in [3.05, 3.63) is 72.3 Å². The summed E-state index contributed by atoms with van der Waals surface area (Å²) in [5.41, 5.74) is 8.71. The Labute approximate surface area is 282 Å². The summed E-state index contributed by atoms with van der Waals surface area (Å²) in [7, 11) is -4.46. The van der Waals surface area contributed by atoms with Crippen molar-refractivity contribution < 1.29 is 27.5 Å². The van der Waals surface area contributed by atoms with Crippen molar-refractivity contribution >= 4 is 61.8 Å². The molecule has 1 aliphatic rings. The Bertz CT molecular complexity index is 1740. The number of ether oxygens (including phenoxy) is 1. The van der Waals surface area contributed by atoms with E-state index in [0.29, 0.717) is 23.8 Å². The van der Waals surface area contributed by atoms with Gasteiger partial charge < -0.3 is 26.0 Å². The van der Waals surface area contributed by atoms with E-state index in [9.17, 15) is 22.8 Å². The molecule has 10 nitrogen and oxygen atoms in total. The number of hydrogen-bond acceptors (Lipinski definition) is 8. The molecule has 1 heterocycles. The van der Waals surface area contributed by atoms with Crippen molar-refractivity contribution in [3.8, 4) is 0 Å². The number of anilines is 1. The molecule has 0 spiro atoms. The number of hydrogen-bond donors (Lipinski definition) is 3. The summed E-state index contributed by atoms with van der Waals surface area (Å²) in [6, 6.07) is 17.0. The summed E-state index contributed by atoms with van der Waals surface area (Å²) in [4.78, 5) is 40.5. The average molecular weight is 681 g/mol. The van der Waals surface area contributed by atoms with Crippen LogP contribution in [0.3, 0.4) is 0 Å². The number of rotatable bonds is 12. The van der Waals surface area contributed by atoms with Crippen molar-refractivity contribution in [2.24, 2.45) is 11.7 Å². The van der Waals surface area contributed by atoms with Crippen LogP contribution in [-0.4, -0.2) is 65.7 Å². The summed E-state index contributed by atoms with van der Waals surface area (Å²) in [6.07, 6.45) is 0.799. The summed E-state index contributed by atoms with van der Waals surface area (Å²) in [5.74, 6) is -2.34. The number of carbonyl (C=O) groups excluding carboxylic acids is 3. The van der Waals surface area contributed by atoms with Crippen LogP contribution in [-0.2, 0) is 35.4 Å². The van der Waals surface area contributed by atoms with Gasteiger partial charge in [-0.1, -0.05) is 68.5 Å². The molecule has 252 valence electrons. The van der Waals surface area contributed by atoms with Gasteiger partial charge in [-0.15, -0.1) is 0 Å². The first kappa shape index (κ1) is 36.0. The van der Waals surface area contributed by atoms with E-state index in [1.807, 2.05) is 12.1 Å². The highest BCUT2D eigenvalue weighted by molar-refractivity contribution is 7.93. The van der Waals surface area contributed by atoms with Crippen molar-refractivity contribution in [1.82, 2.24) is 10.2 Å². The molecule has 4 N–H and O–H groups in total. The number of sulfone groups is 1. The van der Waals surface area contributed by atoms with Gasteiger partial charge in [0.25, 0.3) is 5.91 Å². The first-order valence-corrected chi connectivity index (χ1v) is 17.7. The monoisotopic (exact) mass is 680 g/mol. The van der Waals surface area contributed by atoms with Crippen molar-refractivity contribution in [2.75, 3.05) is 11.9 Å². The van der Waals surface area contributed by atoms with E-state index in [1.165, 1.54) is 22.5 Å². The molecule has 0 saturated carbocycles. The lowest BCUT2D eigenvalue weighted by Crippen LogP contribution is -2.63. The van der Waals surface area contributed by atoms with Crippen molar-refractivity contribution in [3.63, 3.8) is 0 Å². The van der Waals surface area contributed by atoms with Gasteiger partial charge in [0.1, 0.15) is 17.7 Å². The minimum Gasteiger partial charge on any atom is -0.458 e. The van der Waals surface area contributed by atoms with E-state index >= 15 is 0 Å². The van der Waals surface area contributed by atoms with E-state index in [-0.39, 0.29) is 30.2 Å². The first-order valence-electron chi connectivity index (χ1n) is 15.7. The van der Waals surface area contributed by atoms with Crippen LogP contribution in [0.4, 0.5) is 5.69 Å². The maximum absolute atomic E-state index is 14.3. The Morgan fingerprint density at radius 1 is 1.04 bits per heavy atom. The van der Waals surface area contributed by atoms with Crippen LogP contribution in [0.2, 0.25) is 0 Å². The number of likely N-dealkylation sites (tertiary alicyclic amines) is 1. The molecule has 0 aliphatic carbocycles. The number of nitrogens with zero attached hydrogens (tertiary/aromatic N) is 1. The summed E-state index contributed by atoms with van der Waals surface area (Å²) < 4.78 is 34.1. The zero-order valence-corrected chi connectivity index (χ0v) is 29.1. The normalized spacial score (nSPS) is 17.2. The fourth-order valence-corrected chi connectivity index (χ4v) is 7.78. The number of nitrogens with one attached hydrogen (secondary N) is 2. The van der Waals surface area contributed by atoms with Crippen LogP contribution in [0.5, 0.6) is 0 Å². The second kappa shape index (κ2) is 14.5. The Hall–Kier alpha value is -3.87. The van der Waals surface area contributed by atoms with Crippen molar-refractivity contribution in [1.29, 1.82) is 0 Å². The molecular formula is C35H44N4O6S2. The third-order valence-electron chi connectivity index (χ3n) is 8.04. The molecule has 0 unspecified atom stereocenters. The smallest absolute Gasteiger partial charge is 0.329 e. The van der Waals surface area contributed by atoms with Gasteiger partial charge >= 0.3 is 5.97 Å². The van der Waals surface area contributed by atoms with Gasteiger partial charge in [0.2, 0.25) is 20.6 Å². The molecular weight excluding hydrogens is 637 g/mol. The number of amides is 2. The molecule has 47 heavy (non-hydrogen) atoms. The molecule has 0 radical (unpaired) electrons. The topological polar surface area (TPSA) is 148 Å². The van der Waals surface area contributed by atoms with Crippen LogP contribution >= 0.6 is 12.2 Å². The zero-order valence-electron chi connectivity index (χ0n) is 27.5. The molecule has 2 amide bonds. The minimum absolute atomic E-state index is 0.0216. The van der Waals surface area contributed by atoms with Gasteiger partial charge in [-0.2, -0.15) is 0 Å². The quantitative estimate of drug-likeness (QED) is 0.182. The molecule has 4 rings (SSSR count). The Balaban J connectivity index is 1.71. The fraction of sp³-hybridized carbons (Fsp3) is 0.429. The number of benzene rings is 3. The van der Waals surface area contributed by atoms with Crippen LogP contribution in [0.1, 0.15) is 59.4 Å². The second-order valence-corrected chi connectivity index (χ2v) is 15.9. The van der Waals surface area contributed by atoms with Crippen molar-refractivity contribution in [2.45, 2.75) is 87.8 Å². The molecule has 3 aromatic rings. The van der Waals surface area contributed by atoms with Crippen LogP contribution in [0.25, 0.3) is 10.8 Å². The third kappa shape index (κ3) is 8.35. The average Bonchev–Trinajstić information content (AvgIpc) is 3.50. The van der Waals surface area contributed by atoms with E-state index < -0.39 is 50.2 Å². The Morgan fingerprint density at radius 2 is 1.70 bits per heavy atom. The largest absolute Gasteiger partial charge is 0.458 e. The van der Waals surface area contributed by atoms with Gasteiger partial charge in [0, 0.05) is 18.7 Å². The maximum Gasteiger partial charge on any atom is 0.329 e. The number of fused-ring (bicyclic) bond motifs is 1. The van der Waals surface area contributed by atoms with E-state index in [4.69, 9.17) is 22.7 Å². The van der Waals surface area contributed by atoms with Gasteiger partial charge in [-0.25, -0.2) is 13.2 Å². The SMILES string of the molecule is CC(C)C[C@](N)(C(=O)N[C@@H](Cc1ccc(NC=S)cc1)C(=O)N1CCC[C@H]1C(=O)OC(C)(C)C)S(=O)(=O)c1ccc2ccccc2c1. The highest BCUT2D eigenvalue weighted by atomic mass is 32.2.